The quantitative estimate of drug-likeness (QED) is 0.0537. The first-order valence-electron chi connectivity index (χ1n) is 20.2. The topological polar surface area (TPSA) is 145 Å². The molecule has 19 heteroatoms. The Morgan fingerprint density at radius 2 is 1.58 bits per heavy atom. The Morgan fingerprint density at radius 1 is 0.922 bits per heavy atom. The smallest absolute Gasteiger partial charge is 0.388 e. The summed E-state index contributed by atoms with van der Waals surface area (Å²) in [5.41, 5.74) is -2.77. The van der Waals surface area contributed by atoms with Crippen LogP contribution in [0.25, 0.3) is 11.1 Å². The van der Waals surface area contributed by atoms with E-state index in [1.807, 2.05) is 95.5 Å². The summed E-state index contributed by atoms with van der Waals surface area (Å²) >= 11 is 9.30. The summed E-state index contributed by atoms with van der Waals surface area (Å²) in [5, 5.41) is 15.1. The molecule has 1 saturated heterocycles. The summed E-state index contributed by atoms with van der Waals surface area (Å²) in [4.78, 5) is 16.1. The number of piperidine rings is 1. The highest BCUT2D eigenvalue weighted by Gasteiger charge is 2.48. The van der Waals surface area contributed by atoms with Crippen LogP contribution in [0.1, 0.15) is 41.3 Å². The fourth-order valence-corrected chi connectivity index (χ4v) is 10.7. The molecule has 2 atom stereocenters. The van der Waals surface area contributed by atoms with E-state index in [-0.39, 0.29) is 11.5 Å². The Balaban J connectivity index is 1.14. The van der Waals surface area contributed by atoms with Crippen LogP contribution in [0, 0.1) is 5.92 Å². The molecule has 0 aromatic heterocycles. The zero-order valence-electron chi connectivity index (χ0n) is 34.5. The van der Waals surface area contributed by atoms with E-state index in [1.165, 1.54) is 23.9 Å². The zero-order chi connectivity index (χ0) is 46.1. The van der Waals surface area contributed by atoms with Crippen LogP contribution in [0.2, 0.25) is 5.02 Å². The molecule has 1 heterocycles. The molecule has 0 aliphatic carbocycles. The van der Waals surface area contributed by atoms with Gasteiger partial charge in [-0.1, -0.05) is 66.2 Å². The third-order valence-corrected chi connectivity index (χ3v) is 15.7. The minimum Gasteiger partial charge on any atom is -0.388 e. The van der Waals surface area contributed by atoms with Crippen LogP contribution in [0.5, 0.6) is 0 Å². The number of amides is 1. The van der Waals surface area contributed by atoms with Crippen molar-refractivity contribution in [2.75, 3.05) is 55.8 Å². The van der Waals surface area contributed by atoms with Gasteiger partial charge in [0.25, 0.3) is 25.8 Å². The summed E-state index contributed by atoms with van der Waals surface area (Å²) in [6.45, 7) is 2.72. The third kappa shape index (κ3) is 12.7. The molecule has 5 aromatic carbocycles. The van der Waals surface area contributed by atoms with Gasteiger partial charge < -0.3 is 23.3 Å². The molecule has 3 N–H and O–H groups in total. The number of aliphatic hydroxyl groups excluding tert-OH is 1. The number of hydrogen-bond donors (Lipinski definition) is 3. The molecule has 11 nitrogen and oxygen atoms in total. The number of rotatable bonds is 19. The van der Waals surface area contributed by atoms with E-state index in [1.54, 1.807) is 35.1 Å². The maximum absolute atomic E-state index is 14.1. The first-order valence-corrected chi connectivity index (χ1v) is 25.4. The van der Waals surface area contributed by atoms with E-state index in [9.17, 15) is 39.9 Å². The predicted octanol–water partition coefficient (Wildman–Crippen LogP) is 9.63. The van der Waals surface area contributed by atoms with Gasteiger partial charge in [-0.3, -0.25) is 4.79 Å². The number of halogens is 5. The summed E-state index contributed by atoms with van der Waals surface area (Å²) in [6, 6.07) is 32.4. The second-order valence-corrected chi connectivity index (χ2v) is 21.1. The van der Waals surface area contributed by atoms with E-state index in [4.69, 9.17) is 14.7 Å². The molecular weight excluding hydrogens is 1020 g/mol. The van der Waals surface area contributed by atoms with Crippen LogP contribution < -0.4 is 14.9 Å². The molecule has 342 valence electrons. The van der Waals surface area contributed by atoms with E-state index >= 15 is 0 Å². The number of carbonyl (C=O) groups excluding carboxylic acids is 1. The number of nitrogens with zero attached hydrogens (tertiary/aromatic N) is 2. The molecular formula is C45H47ClF3IN4O7S3. The van der Waals surface area contributed by atoms with Crippen molar-refractivity contribution in [3.05, 3.63) is 137 Å². The standard InChI is InChI=1S/C45H47ClF3IN4O7S3/c1-53(27-28-61-50)24-23-35(30-62-37-7-3-2-4-8-37)51-41-20-19-38(29-42(41)63(57,58)45(47,48)49)64(59,60)52-44(56)33-13-17-36(18-14-33)54-25-21-32(22-26-54)43(55)40-10-6-5-9-39(40)31-11-15-34(46)16-12-31/h2-20,29,32,35,43,51,55H,21-28,30H2,1H3,(H,52,56). The number of likely N-dealkylation sites (N-methyl/N-ethyl adjacent to an activating group) is 1. The summed E-state index contributed by atoms with van der Waals surface area (Å²) < 4.78 is 102. The lowest BCUT2D eigenvalue weighted by Gasteiger charge is -2.36. The molecule has 1 aliphatic heterocycles. The van der Waals surface area contributed by atoms with Crippen LogP contribution in [0.4, 0.5) is 24.5 Å². The average molecular weight is 1070 g/mol. The largest absolute Gasteiger partial charge is 0.501 e. The number of nitrogens with one attached hydrogen (secondary N) is 2. The van der Waals surface area contributed by atoms with Gasteiger partial charge in [-0.05, 0) is 122 Å². The first kappa shape index (κ1) is 49.5. The number of anilines is 2. The molecule has 1 fully saturated rings. The first-order chi connectivity index (χ1) is 30.5. The zero-order valence-corrected chi connectivity index (χ0v) is 39.9. The monoisotopic (exact) mass is 1070 g/mol. The molecule has 1 aliphatic rings. The van der Waals surface area contributed by atoms with Gasteiger partial charge in [0.2, 0.25) is 0 Å². The summed E-state index contributed by atoms with van der Waals surface area (Å²) in [6.07, 6.45) is 1.04. The van der Waals surface area contributed by atoms with Gasteiger partial charge in [-0.2, -0.15) is 13.2 Å². The highest BCUT2D eigenvalue weighted by molar-refractivity contribution is 14.1. The molecule has 0 spiro atoms. The van der Waals surface area contributed by atoms with Crippen molar-refractivity contribution in [1.29, 1.82) is 0 Å². The van der Waals surface area contributed by atoms with Crippen LogP contribution in [-0.2, 0) is 22.9 Å². The molecule has 0 radical (unpaired) electrons. The average Bonchev–Trinajstić information content (AvgIpc) is 3.29. The van der Waals surface area contributed by atoms with Crippen LogP contribution in [-0.4, -0.2) is 89.9 Å². The lowest BCUT2D eigenvalue weighted by molar-refractivity contribution is -0.0435. The summed E-state index contributed by atoms with van der Waals surface area (Å²) in [5.74, 6) is -0.747. The molecule has 2 unspecified atom stereocenters. The van der Waals surface area contributed by atoms with Crippen LogP contribution in [0.3, 0.4) is 0 Å². The molecule has 0 bridgehead atoms. The van der Waals surface area contributed by atoms with Crippen molar-refractivity contribution in [3.63, 3.8) is 0 Å². The fourth-order valence-electron chi connectivity index (χ4n) is 7.38. The number of hydrogen-bond acceptors (Lipinski definition) is 11. The van der Waals surface area contributed by atoms with E-state index in [0.717, 1.165) is 39.4 Å². The molecule has 64 heavy (non-hydrogen) atoms. The number of carbonyl (C=O) groups is 1. The van der Waals surface area contributed by atoms with Crippen molar-refractivity contribution in [2.24, 2.45) is 5.92 Å². The van der Waals surface area contributed by atoms with Crippen molar-refractivity contribution >= 4 is 83.5 Å². The number of thioether (sulfide) groups is 1. The Hall–Kier alpha value is -3.89. The van der Waals surface area contributed by atoms with Crippen LogP contribution >= 0.6 is 46.4 Å². The van der Waals surface area contributed by atoms with Crippen molar-refractivity contribution in [1.82, 2.24) is 9.62 Å². The second kappa shape index (κ2) is 22.1. The number of sulfone groups is 1. The number of alkyl halides is 3. The van der Waals surface area contributed by atoms with E-state index < -0.39 is 58.9 Å². The van der Waals surface area contributed by atoms with Crippen molar-refractivity contribution in [2.45, 2.75) is 51.6 Å². The maximum atomic E-state index is 14.1. The Bertz CT molecular complexity index is 2570. The molecule has 5 aromatic rings. The highest BCUT2D eigenvalue weighted by atomic mass is 127. The summed E-state index contributed by atoms with van der Waals surface area (Å²) in [7, 11) is -9.10. The maximum Gasteiger partial charge on any atom is 0.501 e. The van der Waals surface area contributed by atoms with Gasteiger partial charge in [0.15, 0.2) is 0 Å². The lowest BCUT2D eigenvalue weighted by atomic mass is 9.84. The Labute approximate surface area is 395 Å². The van der Waals surface area contributed by atoms with E-state index in [0.29, 0.717) is 68.9 Å². The minimum absolute atomic E-state index is 0.0189. The second-order valence-electron chi connectivity index (χ2n) is 15.3. The van der Waals surface area contributed by atoms with Crippen molar-refractivity contribution < 1.29 is 43.0 Å². The van der Waals surface area contributed by atoms with Gasteiger partial charge in [0.05, 0.1) is 23.3 Å². The normalized spacial score (nSPS) is 14.9. The Kier molecular flexibility index (Phi) is 17.1. The number of aliphatic hydroxyl groups is 1. The van der Waals surface area contributed by atoms with Crippen LogP contribution in [0.15, 0.2) is 136 Å². The Morgan fingerprint density at radius 3 is 2.23 bits per heavy atom. The molecule has 0 saturated carbocycles. The lowest BCUT2D eigenvalue weighted by Crippen LogP contribution is -2.36. The van der Waals surface area contributed by atoms with Gasteiger partial charge in [-0.15, -0.1) is 11.8 Å². The van der Waals surface area contributed by atoms with Gasteiger partial charge >= 0.3 is 5.51 Å². The fraction of sp³-hybridized carbons (Fsp3) is 0.311. The SMILES string of the molecule is CN(CCOI)CCC(CSc1ccccc1)Nc1ccc(S(=O)(=O)NC(=O)c2ccc(N3CCC(C(O)c4ccccc4-c4ccc(Cl)cc4)CC3)cc2)cc1S(=O)(=O)C(F)(F)F. The minimum atomic E-state index is -6.08. The highest BCUT2D eigenvalue weighted by Crippen LogP contribution is 2.39. The molecule has 1 amide bonds. The number of benzene rings is 5. The third-order valence-electron chi connectivity index (χ3n) is 11.0. The van der Waals surface area contributed by atoms with Crippen molar-refractivity contribution in [3.8, 4) is 11.1 Å². The molecule has 6 rings (SSSR count). The van der Waals surface area contributed by atoms with E-state index in [2.05, 4.69) is 10.2 Å². The van der Waals surface area contributed by atoms with Gasteiger partial charge in [-0.25, -0.2) is 21.6 Å². The van der Waals surface area contributed by atoms with Gasteiger partial charge in [0, 0.05) is 52.6 Å². The van der Waals surface area contributed by atoms with Gasteiger partial charge in [0.1, 0.15) is 27.9 Å². The number of sulfonamides is 1. The predicted molar refractivity (Wildman–Crippen MR) is 254 cm³/mol.